The lowest BCUT2D eigenvalue weighted by molar-refractivity contribution is 0.0509. The SMILES string of the molecule is CC.[B]c1ccc(OCOC)cn1. The molecule has 0 unspecified atom stereocenters. The van der Waals surface area contributed by atoms with Gasteiger partial charge < -0.3 is 9.47 Å². The third-order valence-corrected chi connectivity index (χ3v) is 1.10. The van der Waals surface area contributed by atoms with Gasteiger partial charge in [0.2, 0.25) is 0 Å². The molecule has 1 aromatic heterocycles. The summed E-state index contributed by atoms with van der Waals surface area (Å²) in [6.45, 7) is 4.23. The standard InChI is InChI=1S/C7H8BNO2.C2H6/c1-10-5-11-6-2-3-7(8)9-4-6;1-2/h2-4H,5H2,1H3;1-2H3. The second kappa shape index (κ2) is 7.62. The number of methoxy groups -OCH3 is 1. The van der Waals surface area contributed by atoms with Gasteiger partial charge in [0.15, 0.2) is 6.79 Å². The van der Waals surface area contributed by atoms with Crippen molar-refractivity contribution < 1.29 is 9.47 Å². The molecule has 0 aliphatic rings. The van der Waals surface area contributed by atoms with Gasteiger partial charge in [-0.1, -0.05) is 13.8 Å². The van der Waals surface area contributed by atoms with Crippen LogP contribution in [-0.2, 0) is 4.74 Å². The third kappa shape index (κ3) is 5.25. The van der Waals surface area contributed by atoms with Gasteiger partial charge >= 0.3 is 0 Å². The molecule has 0 spiro atoms. The third-order valence-electron chi connectivity index (χ3n) is 1.10. The van der Waals surface area contributed by atoms with Crippen molar-refractivity contribution in [2.24, 2.45) is 0 Å². The highest BCUT2D eigenvalue weighted by molar-refractivity contribution is 6.30. The Bertz CT molecular complexity index is 213. The second-order valence-corrected chi connectivity index (χ2v) is 1.97. The molecular weight excluding hydrogens is 165 g/mol. The summed E-state index contributed by atoms with van der Waals surface area (Å²) in [5.41, 5.74) is 0.481. The van der Waals surface area contributed by atoms with Crippen LogP contribution in [0, 0.1) is 0 Å². The van der Waals surface area contributed by atoms with Crippen molar-refractivity contribution in [1.82, 2.24) is 4.98 Å². The molecule has 0 bridgehead atoms. The summed E-state index contributed by atoms with van der Waals surface area (Å²) >= 11 is 0. The number of rotatable bonds is 3. The molecule has 0 atom stereocenters. The van der Waals surface area contributed by atoms with Crippen molar-refractivity contribution in [2.75, 3.05) is 13.9 Å². The van der Waals surface area contributed by atoms with Gasteiger partial charge in [-0.05, 0) is 17.7 Å². The zero-order valence-corrected chi connectivity index (χ0v) is 8.28. The fourth-order valence-electron chi connectivity index (χ4n) is 0.604. The first-order chi connectivity index (χ1) is 6.33. The molecule has 3 nitrogen and oxygen atoms in total. The maximum absolute atomic E-state index is 5.36. The summed E-state index contributed by atoms with van der Waals surface area (Å²) in [5.74, 6) is 0.654. The lowest BCUT2D eigenvalue weighted by atomic mass is 10.0. The smallest absolute Gasteiger partial charge is 0.188 e. The van der Waals surface area contributed by atoms with Gasteiger partial charge in [0, 0.05) is 7.11 Å². The minimum absolute atomic E-state index is 0.228. The molecule has 0 aromatic carbocycles. The molecule has 1 aromatic rings. The quantitative estimate of drug-likeness (QED) is 0.509. The Balaban J connectivity index is 0.000000671. The van der Waals surface area contributed by atoms with Crippen LogP contribution in [0.1, 0.15) is 13.8 Å². The molecule has 0 fully saturated rings. The summed E-state index contributed by atoms with van der Waals surface area (Å²) in [4.78, 5) is 3.83. The molecule has 1 heterocycles. The lowest BCUT2D eigenvalue weighted by Crippen LogP contribution is -2.07. The topological polar surface area (TPSA) is 31.4 Å². The Kier molecular flexibility index (Phi) is 7.01. The molecule has 0 aliphatic heterocycles. The minimum atomic E-state index is 0.228. The lowest BCUT2D eigenvalue weighted by Gasteiger charge is -2.02. The summed E-state index contributed by atoms with van der Waals surface area (Å²) < 4.78 is 9.76. The van der Waals surface area contributed by atoms with Crippen molar-refractivity contribution in [1.29, 1.82) is 0 Å². The van der Waals surface area contributed by atoms with E-state index in [2.05, 4.69) is 4.98 Å². The van der Waals surface area contributed by atoms with Crippen LogP contribution < -0.4 is 10.3 Å². The molecule has 0 saturated heterocycles. The summed E-state index contributed by atoms with van der Waals surface area (Å²) in [6, 6.07) is 3.41. The largest absolute Gasteiger partial charge is 0.466 e. The maximum Gasteiger partial charge on any atom is 0.188 e. The summed E-state index contributed by atoms with van der Waals surface area (Å²) in [6.07, 6.45) is 1.55. The van der Waals surface area contributed by atoms with E-state index in [0.717, 1.165) is 0 Å². The molecule has 0 amide bonds. The van der Waals surface area contributed by atoms with Crippen molar-refractivity contribution in [3.05, 3.63) is 18.3 Å². The van der Waals surface area contributed by atoms with Crippen LogP contribution in [0.2, 0.25) is 0 Å². The first kappa shape index (κ1) is 12.0. The molecule has 13 heavy (non-hydrogen) atoms. The van der Waals surface area contributed by atoms with Gasteiger partial charge in [-0.25, -0.2) is 0 Å². The zero-order chi connectivity index (χ0) is 10.1. The number of pyridine rings is 1. The van der Waals surface area contributed by atoms with E-state index in [1.807, 2.05) is 13.8 Å². The molecule has 70 valence electrons. The van der Waals surface area contributed by atoms with Gasteiger partial charge in [0.1, 0.15) is 13.6 Å². The fourth-order valence-corrected chi connectivity index (χ4v) is 0.604. The Hall–Kier alpha value is -1.03. The first-order valence-corrected chi connectivity index (χ1v) is 4.16. The predicted octanol–water partition coefficient (Wildman–Crippen LogP) is 0.884. The van der Waals surface area contributed by atoms with Crippen LogP contribution in [0.15, 0.2) is 18.3 Å². The molecule has 0 saturated carbocycles. The number of hydrogen-bond acceptors (Lipinski definition) is 3. The van der Waals surface area contributed by atoms with E-state index < -0.39 is 0 Å². The molecule has 4 heteroatoms. The summed E-state index contributed by atoms with van der Waals surface area (Å²) in [5, 5.41) is 0. The van der Waals surface area contributed by atoms with Gasteiger partial charge in [-0.2, -0.15) is 0 Å². The number of nitrogens with zero attached hydrogens (tertiary/aromatic N) is 1. The molecule has 0 N–H and O–H groups in total. The highest BCUT2D eigenvalue weighted by Gasteiger charge is 1.90. The van der Waals surface area contributed by atoms with E-state index in [0.29, 0.717) is 11.3 Å². The van der Waals surface area contributed by atoms with Gasteiger partial charge in [0.05, 0.1) is 6.20 Å². The van der Waals surface area contributed by atoms with Crippen LogP contribution in [0.5, 0.6) is 5.75 Å². The fraction of sp³-hybridized carbons (Fsp3) is 0.444. The number of hydrogen-bond donors (Lipinski definition) is 0. The maximum atomic E-state index is 5.36. The first-order valence-electron chi connectivity index (χ1n) is 4.16. The predicted molar refractivity (Wildman–Crippen MR) is 53.5 cm³/mol. The van der Waals surface area contributed by atoms with Crippen molar-refractivity contribution >= 4 is 13.4 Å². The summed E-state index contributed by atoms with van der Waals surface area (Å²) in [7, 11) is 6.92. The average Bonchev–Trinajstić information content (AvgIpc) is 2.20. The Morgan fingerprint density at radius 3 is 2.54 bits per heavy atom. The Morgan fingerprint density at radius 1 is 1.38 bits per heavy atom. The molecule has 2 radical (unpaired) electrons. The highest BCUT2D eigenvalue weighted by Crippen LogP contribution is 2.03. The van der Waals surface area contributed by atoms with Gasteiger partial charge in [-0.3, -0.25) is 4.98 Å². The second-order valence-electron chi connectivity index (χ2n) is 1.97. The number of ether oxygens (including phenoxy) is 2. The normalized spacial score (nSPS) is 8.54. The van der Waals surface area contributed by atoms with Crippen LogP contribution in [0.4, 0.5) is 0 Å². The van der Waals surface area contributed by atoms with Crippen LogP contribution in [0.25, 0.3) is 0 Å². The van der Waals surface area contributed by atoms with E-state index in [1.54, 1.807) is 25.4 Å². The zero-order valence-electron chi connectivity index (χ0n) is 8.28. The molecule has 1 rings (SSSR count). The van der Waals surface area contributed by atoms with E-state index in [9.17, 15) is 0 Å². The number of aromatic nitrogens is 1. The Morgan fingerprint density at radius 2 is 2.08 bits per heavy atom. The van der Waals surface area contributed by atoms with E-state index in [1.165, 1.54) is 0 Å². The van der Waals surface area contributed by atoms with Crippen LogP contribution >= 0.6 is 0 Å². The van der Waals surface area contributed by atoms with Gasteiger partial charge in [0.25, 0.3) is 0 Å². The van der Waals surface area contributed by atoms with E-state index in [-0.39, 0.29) is 6.79 Å². The highest BCUT2D eigenvalue weighted by atomic mass is 16.7. The van der Waals surface area contributed by atoms with Crippen molar-refractivity contribution in [3.8, 4) is 5.75 Å². The van der Waals surface area contributed by atoms with E-state index in [4.69, 9.17) is 17.3 Å². The van der Waals surface area contributed by atoms with Crippen molar-refractivity contribution in [2.45, 2.75) is 13.8 Å². The molecular formula is C9H14BNO2. The van der Waals surface area contributed by atoms with Gasteiger partial charge in [-0.15, -0.1) is 0 Å². The monoisotopic (exact) mass is 179 g/mol. The molecule has 0 aliphatic carbocycles. The average molecular weight is 179 g/mol. The van der Waals surface area contributed by atoms with E-state index >= 15 is 0 Å². The van der Waals surface area contributed by atoms with Crippen molar-refractivity contribution in [3.63, 3.8) is 0 Å². The Labute approximate surface area is 80.5 Å². The minimum Gasteiger partial charge on any atom is -0.466 e. The van der Waals surface area contributed by atoms with Crippen LogP contribution in [-0.4, -0.2) is 26.7 Å². The van der Waals surface area contributed by atoms with Crippen LogP contribution in [0.3, 0.4) is 0 Å².